The molecule has 0 aliphatic carbocycles. The average molecular weight is 313 g/mol. The highest BCUT2D eigenvalue weighted by atomic mass is 16.6. The van der Waals surface area contributed by atoms with E-state index in [4.69, 9.17) is 0 Å². The molecule has 1 unspecified atom stereocenters. The van der Waals surface area contributed by atoms with Crippen molar-refractivity contribution in [1.29, 1.82) is 0 Å². The number of nitro groups is 1. The molecule has 120 valence electrons. The summed E-state index contributed by atoms with van der Waals surface area (Å²) in [5, 5.41) is 13.6. The van der Waals surface area contributed by atoms with Gasteiger partial charge in [0.05, 0.1) is 11.0 Å². The number of nitro benzene ring substituents is 1. The Morgan fingerprint density at radius 3 is 2.43 bits per heavy atom. The van der Waals surface area contributed by atoms with Crippen molar-refractivity contribution in [2.45, 2.75) is 19.5 Å². The summed E-state index contributed by atoms with van der Waals surface area (Å²) >= 11 is 0. The Hall–Kier alpha value is -2.73. The lowest BCUT2D eigenvalue weighted by Gasteiger charge is -2.23. The topological polar surface area (TPSA) is 75.5 Å². The summed E-state index contributed by atoms with van der Waals surface area (Å²) in [6, 6.07) is 15.5. The first kappa shape index (κ1) is 16.6. The molecule has 0 spiro atoms. The molecule has 2 aromatic carbocycles. The van der Waals surface area contributed by atoms with Crippen LogP contribution in [0.5, 0.6) is 0 Å². The van der Waals surface area contributed by atoms with Gasteiger partial charge in [-0.25, -0.2) is 0 Å². The molecule has 0 fully saturated rings. The molecular weight excluding hydrogens is 294 g/mol. The molecule has 0 radical (unpaired) electrons. The molecule has 2 rings (SSSR count). The zero-order valence-electron chi connectivity index (χ0n) is 13.1. The number of nitrogens with one attached hydrogen (secondary N) is 1. The van der Waals surface area contributed by atoms with Gasteiger partial charge in [0.15, 0.2) is 0 Å². The van der Waals surface area contributed by atoms with Crippen molar-refractivity contribution >= 4 is 17.3 Å². The Morgan fingerprint density at radius 1 is 1.17 bits per heavy atom. The van der Waals surface area contributed by atoms with E-state index in [1.165, 1.54) is 12.1 Å². The van der Waals surface area contributed by atoms with E-state index in [9.17, 15) is 14.9 Å². The van der Waals surface area contributed by atoms with Gasteiger partial charge in [0.2, 0.25) is 5.91 Å². The number of nitrogens with zero attached hydrogens (tertiary/aromatic N) is 2. The maximum absolute atomic E-state index is 12.3. The molecule has 2 aromatic rings. The quantitative estimate of drug-likeness (QED) is 0.657. The normalized spacial score (nSPS) is 12.0. The summed E-state index contributed by atoms with van der Waals surface area (Å²) in [5.41, 5.74) is 1.20. The van der Waals surface area contributed by atoms with Crippen molar-refractivity contribution in [3.63, 3.8) is 0 Å². The molecule has 23 heavy (non-hydrogen) atoms. The van der Waals surface area contributed by atoms with Crippen LogP contribution in [0, 0.1) is 10.1 Å². The van der Waals surface area contributed by atoms with Gasteiger partial charge in [-0.3, -0.25) is 19.8 Å². The number of hydrogen-bond acceptors (Lipinski definition) is 4. The minimum absolute atomic E-state index is 0.112. The van der Waals surface area contributed by atoms with Gasteiger partial charge < -0.3 is 5.32 Å². The second-order valence-electron chi connectivity index (χ2n) is 5.34. The summed E-state index contributed by atoms with van der Waals surface area (Å²) < 4.78 is 0. The van der Waals surface area contributed by atoms with Gasteiger partial charge in [0.25, 0.3) is 5.69 Å². The van der Waals surface area contributed by atoms with Gasteiger partial charge in [0, 0.05) is 12.6 Å². The molecule has 1 atom stereocenters. The molecule has 0 saturated heterocycles. The molecule has 0 bridgehead atoms. The Labute approximate surface area is 134 Å². The first-order chi connectivity index (χ1) is 11.0. The number of carbonyl (C=O) groups is 1. The van der Waals surface area contributed by atoms with E-state index >= 15 is 0 Å². The highest BCUT2D eigenvalue weighted by molar-refractivity contribution is 5.96. The van der Waals surface area contributed by atoms with Crippen LogP contribution < -0.4 is 5.32 Å². The molecule has 1 N–H and O–H groups in total. The minimum Gasteiger partial charge on any atom is -0.319 e. The molecule has 0 aromatic heterocycles. The van der Waals surface area contributed by atoms with Gasteiger partial charge in [-0.1, -0.05) is 42.5 Å². The Morgan fingerprint density at radius 2 is 1.78 bits per heavy atom. The number of para-hydroxylation sites is 2. The third-order valence-electron chi connectivity index (χ3n) is 3.67. The van der Waals surface area contributed by atoms with Crippen molar-refractivity contribution in [1.82, 2.24) is 4.90 Å². The molecule has 0 aliphatic rings. The van der Waals surface area contributed by atoms with Crippen LogP contribution in [0.25, 0.3) is 0 Å². The molecule has 6 heteroatoms. The van der Waals surface area contributed by atoms with Crippen LogP contribution >= 0.6 is 0 Å². The van der Waals surface area contributed by atoms with Crippen LogP contribution in [-0.4, -0.2) is 28.8 Å². The van der Waals surface area contributed by atoms with Crippen LogP contribution in [0.4, 0.5) is 11.4 Å². The van der Waals surface area contributed by atoms with Gasteiger partial charge in [0.1, 0.15) is 5.69 Å². The van der Waals surface area contributed by atoms with Gasteiger partial charge in [-0.05, 0) is 25.6 Å². The fourth-order valence-electron chi connectivity index (χ4n) is 2.18. The van der Waals surface area contributed by atoms with E-state index in [-0.39, 0.29) is 17.3 Å². The lowest BCUT2D eigenvalue weighted by atomic mass is 10.2. The Kier molecular flexibility index (Phi) is 5.43. The van der Waals surface area contributed by atoms with E-state index in [0.717, 1.165) is 5.56 Å². The van der Waals surface area contributed by atoms with E-state index in [2.05, 4.69) is 5.32 Å². The Balaban J connectivity index is 2.04. The number of carbonyl (C=O) groups excluding carboxylic acids is 1. The van der Waals surface area contributed by atoms with E-state index < -0.39 is 11.0 Å². The average Bonchev–Trinajstić information content (AvgIpc) is 2.55. The molecule has 0 heterocycles. The van der Waals surface area contributed by atoms with Crippen LogP contribution in [0.3, 0.4) is 0 Å². The molecule has 0 aliphatic heterocycles. The predicted octanol–water partition coefficient (Wildman–Crippen LogP) is 3.05. The largest absolute Gasteiger partial charge is 0.319 e. The van der Waals surface area contributed by atoms with Crippen molar-refractivity contribution in [3.05, 3.63) is 70.3 Å². The molecule has 6 nitrogen and oxygen atoms in total. The standard InChI is InChI=1S/C17H19N3O3/c1-13(19(2)12-14-8-4-3-5-9-14)17(21)18-15-10-6-7-11-16(15)20(22)23/h3-11,13H,12H2,1-2H3,(H,18,21). The lowest BCUT2D eigenvalue weighted by Crippen LogP contribution is -2.39. The number of amides is 1. The second kappa shape index (κ2) is 7.51. The van der Waals surface area contributed by atoms with E-state index in [0.29, 0.717) is 6.54 Å². The zero-order chi connectivity index (χ0) is 16.8. The highest BCUT2D eigenvalue weighted by Gasteiger charge is 2.21. The first-order valence-electron chi connectivity index (χ1n) is 7.27. The van der Waals surface area contributed by atoms with Gasteiger partial charge in [-0.15, -0.1) is 0 Å². The summed E-state index contributed by atoms with van der Waals surface area (Å²) in [4.78, 5) is 24.7. The first-order valence-corrected chi connectivity index (χ1v) is 7.27. The number of likely N-dealkylation sites (N-methyl/N-ethyl adjacent to an activating group) is 1. The number of hydrogen-bond donors (Lipinski definition) is 1. The third kappa shape index (κ3) is 4.37. The number of benzene rings is 2. The second-order valence-corrected chi connectivity index (χ2v) is 5.34. The smallest absolute Gasteiger partial charge is 0.292 e. The predicted molar refractivity (Wildman–Crippen MR) is 89.1 cm³/mol. The maximum atomic E-state index is 12.3. The van der Waals surface area contributed by atoms with Crippen LogP contribution in [-0.2, 0) is 11.3 Å². The highest BCUT2D eigenvalue weighted by Crippen LogP contribution is 2.23. The molecule has 0 saturated carbocycles. The summed E-state index contributed by atoms with van der Waals surface area (Å²) in [5.74, 6) is -0.280. The van der Waals surface area contributed by atoms with E-state index in [1.54, 1.807) is 19.1 Å². The minimum atomic E-state index is -0.506. The van der Waals surface area contributed by atoms with Crippen molar-refractivity contribution in [2.24, 2.45) is 0 Å². The lowest BCUT2D eigenvalue weighted by molar-refractivity contribution is -0.383. The zero-order valence-corrected chi connectivity index (χ0v) is 13.1. The van der Waals surface area contributed by atoms with Crippen molar-refractivity contribution < 1.29 is 9.72 Å². The summed E-state index contributed by atoms with van der Waals surface area (Å²) in [6.07, 6.45) is 0. The van der Waals surface area contributed by atoms with Crippen LogP contribution in [0.2, 0.25) is 0 Å². The Bertz CT molecular complexity index is 688. The fraction of sp³-hybridized carbons (Fsp3) is 0.235. The molecule has 1 amide bonds. The van der Waals surface area contributed by atoms with Crippen molar-refractivity contribution in [3.8, 4) is 0 Å². The fourth-order valence-corrected chi connectivity index (χ4v) is 2.18. The number of anilines is 1. The van der Waals surface area contributed by atoms with Crippen molar-refractivity contribution in [2.75, 3.05) is 12.4 Å². The monoisotopic (exact) mass is 313 g/mol. The maximum Gasteiger partial charge on any atom is 0.292 e. The molecular formula is C17H19N3O3. The van der Waals surface area contributed by atoms with Crippen LogP contribution in [0.1, 0.15) is 12.5 Å². The van der Waals surface area contributed by atoms with Crippen LogP contribution in [0.15, 0.2) is 54.6 Å². The van der Waals surface area contributed by atoms with Gasteiger partial charge in [-0.2, -0.15) is 0 Å². The number of rotatable bonds is 6. The SMILES string of the molecule is CC(C(=O)Nc1ccccc1[N+](=O)[O-])N(C)Cc1ccccc1. The third-order valence-corrected chi connectivity index (χ3v) is 3.67. The van der Waals surface area contributed by atoms with E-state index in [1.807, 2.05) is 42.3 Å². The summed E-state index contributed by atoms with van der Waals surface area (Å²) in [6.45, 7) is 2.39. The van der Waals surface area contributed by atoms with Gasteiger partial charge >= 0.3 is 0 Å². The summed E-state index contributed by atoms with van der Waals surface area (Å²) in [7, 11) is 1.84.